The number of aryl methyl sites for hydroxylation is 1. The van der Waals surface area contributed by atoms with E-state index < -0.39 is 0 Å². The fourth-order valence-corrected chi connectivity index (χ4v) is 3.07. The van der Waals surface area contributed by atoms with Crippen LogP contribution in [0.25, 0.3) is 22.6 Å². The van der Waals surface area contributed by atoms with Gasteiger partial charge in [-0.25, -0.2) is 9.97 Å². The molecule has 29 heavy (non-hydrogen) atoms. The van der Waals surface area contributed by atoms with Crippen molar-refractivity contribution in [2.24, 2.45) is 0 Å². The lowest BCUT2D eigenvalue weighted by Crippen LogP contribution is -2.15. The van der Waals surface area contributed by atoms with Crippen LogP contribution < -0.4 is 5.32 Å². The molecule has 6 heteroatoms. The van der Waals surface area contributed by atoms with E-state index in [1.807, 2.05) is 43.3 Å². The lowest BCUT2D eigenvalue weighted by Gasteiger charge is -2.11. The third kappa shape index (κ3) is 4.31. The zero-order valence-electron chi connectivity index (χ0n) is 15.6. The number of hydrogen-bond donors (Lipinski definition) is 1. The summed E-state index contributed by atoms with van der Waals surface area (Å²) in [6, 6.07) is 18.6. The van der Waals surface area contributed by atoms with E-state index in [1.165, 1.54) is 0 Å². The number of nitrogens with one attached hydrogen (secondary N) is 1. The molecule has 0 aliphatic carbocycles. The van der Waals surface area contributed by atoms with Crippen LogP contribution in [0.1, 0.15) is 15.9 Å². The Hall–Kier alpha value is -3.57. The van der Waals surface area contributed by atoms with Crippen LogP contribution in [0.15, 0.2) is 79.3 Å². The zero-order chi connectivity index (χ0) is 20.2. The summed E-state index contributed by atoms with van der Waals surface area (Å²) in [4.78, 5) is 26.1. The minimum absolute atomic E-state index is 0.311. The van der Waals surface area contributed by atoms with Gasteiger partial charge in [0.25, 0.3) is 5.91 Å². The Kier molecular flexibility index (Phi) is 5.31. The first kappa shape index (κ1) is 18.8. The molecule has 0 fully saturated rings. The molecule has 0 unspecified atom stereocenters. The largest absolute Gasteiger partial charge is 0.322 e. The van der Waals surface area contributed by atoms with Gasteiger partial charge in [-0.3, -0.25) is 9.78 Å². The topological polar surface area (TPSA) is 67.8 Å². The molecule has 0 bridgehead atoms. The smallest absolute Gasteiger partial charge is 0.259 e. The Morgan fingerprint density at radius 3 is 2.45 bits per heavy atom. The van der Waals surface area contributed by atoms with Crippen LogP contribution in [-0.2, 0) is 0 Å². The molecule has 2 aromatic carbocycles. The summed E-state index contributed by atoms with van der Waals surface area (Å²) < 4.78 is 0. The van der Waals surface area contributed by atoms with Gasteiger partial charge in [0.1, 0.15) is 0 Å². The first-order valence-electron chi connectivity index (χ1n) is 9.01. The predicted molar refractivity (Wildman–Crippen MR) is 115 cm³/mol. The van der Waals surface area contributed by atoms with Crippen molar-refractivity contribution in [3.05, 3.63) is 95.4 Å². The molecular weight excluding hydrogens is 384 g/mol. The van der Waals surface area contributed by atoms with Crippen molar-refractivity contribution in [1.29, 1.82) is 0 Å². The highest BCUT2D eigenvalue weighted by Crippen LogP contribution is 2.25. The number of nitrogens with zero attached hydrogens (tertiary/aromatic N) is 3. The number of aromatic nitrogens is 3. The van der Waals surface area contributed by atoms with Gasteiger partial charge in [0.15, 0.2) is 5.82 Å². The van der Waals surface area contributed by atoms with E-state index in [2.05, 4.69) is 15.3 Å². The summed E-state index contributed by atoms with van der Waals surface area (Å²) >= 11 is 6.02. The molecule has 4 rings (SSSR count). The van der Waals surface area contributed by atoms with Crippen LogP contribution >= 0.6 is 11.6 Å². The maximum absolute atomic E-state index is 13.0. The monoisotopic (exact) mass is 400 g/mol. The van der Waals surface area contributed by atoms with Crippen molar-refractivity contribution in [2.75, 3.05) is 5.32 Å². The number of rotatable bonds is 4. The van der Waals surface area contributed by atoms with Crippen molar-refractivity contribution < 1.29 is 4.79 Å². The number of halogens is 1. The molecule has 0 aliphatic rings. The molecule has 0 aliphatic heterocycles. The number of amides is 1. The maximum Gasteiger partial charge on any atom is 0.259 e. The van der Waals surface area contributed by atoms with Crippen LogP contribution in [0.5, 0.6) is 0 Å². The third-order valence-electron chi connectivity index (χ3n) is 4.38. The predicted octanol–water partition coefficient (Wildman–Crippen LogP) is 5.42. The summed E-state index contributed by atoms with van der Waals surface area (Å²) in [6.45, 7) is 2.02. The number of anilines is 1. The molecule has 1 N–H and O–H groups in total. The highest BCUT2D eigenvalue weighted by molar-refractivity contribution is 6.31. The van der Waals surface area contributed by atoms with Crippen molar-refractivity contribution in [1.82, 2.24) is 15.0 Å². The van der Waals surface area contributed by atoms with Crippen molar-refractivity contribution in [2.45, 2.75) is 6.92 Å². The van der Waals surface area contributed by atoms with Gasteiger partial charge >= 0.3 is 0 Å². The Morgan fingerprint density at radius 2 is 1.72 bits per heavy atom. The third-order valence-corrected chi connectivity index (χ3v) is 4.61. The van der Waals surface area contributed by atoms with Gasteiger partial charge in [0.05, 0.1) is 11.3 Å². The Labute approximate surface area is 173 Å². The van der Waals surface area contributed by atoms with Gasteiger partial charge in [0, 0.05) is 40.4 Å². The summed E-state index contributed by atoms with van der Waals surface area (Å²) in [6.07, 6.45) is 4.89. The van der Waals surface area contributed by atoms with Gasteiger partial charge in [-0.1, -0.05) is 47.5 Å². The molecule has 0 spiro atoms. The zero-order valence-corrected chi connectivity index (χ0v) is 16.4. The SMILES string of the molecule is Cc1ccc(-c2ncc(C(=O)Nc3cccc(Cl)c3)c(-c3ccncc3)n2)cc1. The minimum Gasteiger partial charge on any atom is -0.322 e. The number of hydrogen-bond acceptors (Lipinski definition) is 4. The first-order valence-corrected chi connectivity index (χ1v) is 9.39. The summed E-state index contributed by atoms with van der Waals surface area (Å²) in [5.41, 5.74) is 4.33. The van der Waals surface area contributed by atoms with Gasteiger partial charge in [-0.15, -0.1) is 0 Å². The average molecular weight is 401 g/mol. The molecule has 2 heterocycles. The second kappa shape index (κ2) is 8.20. The van der Waals surface area contributed by atoms with Gasteiger partial charge in [0.2, 0.25) is 0 Å². The average Bonchev–Trinajstić information content (AvgIpc) is 2.74. The second-order valence-corrected chi connectivity index (χ2v) is 6.96. The minimum atomic E-state index is -0.311. The Morgan fingerprint density at radius 1 is 0.966 bits per heavy atom. The van der Waals surface area contributed by atoms with Crippen LogP contribution in [0.4, 0.5) is 5.69 Å². The molecule has 0 atom stereocenters. The molecule has 5 nitrogen and oxygen atoms in total. The second-order valence-electron chi connectivity index (χ2n) is 6.52. The number of carbonyl (C=O) groups is 1. The van der Waals surface area contributed by atoms with Crippen molar-refractivity contribution in [3.63, 3.8) is 0 Å². The van der Waals surface area contributed by atoms with E-state index in [9.17, 15) is 4.79 Å². The summed E-state index contributed by atoms with van der Waals surface area (Å²) in [5, 5.41) is 3.40. The fraction of sp³-hybridized carbons (Fsp3) is 0.0435. The lowest BCUT2D eigenvalue weighted by atomic mass is 10.1. The van der Waals surface area contributed by atoms with E-state index in [1.54, 1.807) is 42.9 Å². The highest BCUT2D eigenvalue weighted by Gasteiger charge is 2.17. The van der Waals surface area contributed by atoms with Crippen LogP contribution in [0, 0.1) is 6.92 Å². The normalized spacial score (nSPS) is 10.6. The molecule has 4 aromatic rings. The quantitative estimate of drug-likeness (QED) is 0.496. The molecule has 0 saturated heterocycles. The van der Waals surface area contributed by atoms with Crippen molar-refractivity contribution >= 4 is 23.2 Å². The highest BCUT2D eigenvalue weighted by atomic mass is 35.5. The van der Waals surface area contributed by atoms with Crippen LogP contribution in [-0.4, -0.2) is 20.9 Å². The number of benzene rings is 2. The summed E-state index contributed by atoms with van der Waals surface area (Å²) in [5.74, 6) is 0.241. The van der Waals surface area contributed by atoms with E-state index >= 15 is 0 Å². The van der Waals surface area contributed by atoms with Gasteiger partial charge < -0.3 is 5.32 Å². The maximum atomic E-state index is 13.0. The van der Waals surface area contributed by atoms with Gasteiger partial charge in [-0.2, -0.15) is 0 Å². The molecule has 142 valence electrons. The Bertz CT molecular complexity index is 1160. The van der Waals surface area contributed by atoms with E-state index in [0.717, 1.165) is 16.7 Å². The molecule has 0 saturated carbocycles. The Balaban J connectivity index is 1.76. The van der Waals surface area contributed by atoms with Crippen LogP contribution in [0.2, 0.25) is 5.02 Å². The lowest BCUT2D eigenvalue weighted by molar-refractivity contribution is 0.102. The summed E-state index contributed by atoms with van der Waals surface area (Å²) in [7, 11) is 0. The molecule has 1 amide bonds. The molecule has 2 aromatic heterocycles. The molecular formula is C23H17ClN4O. The fourth-order valence-electron chi connectivity index (χ4n) is 2.88. The van der Waals surface area contributed by atoms with Gasteiger partial charge in [-0.05, 0) is 37.3 Å². The number of carbonyl (C=O) groups excluding carboxylic acids is 1. The van der Waals surface area contributed by atoms with E-state index in [4.69, 9.17) is 16.6 Å². The van der Waals surface area contributed by atoms with E-state index in [-0.39, 0.29) is 5.91 Å². The first-order chi connectivity index (χ1) is 14.1. The van der Waals surface area contributed by atoms with Crippen molar-refractivity contribution in [3.8, 4) is 22.6 Å². The standard InChI is InChI=1S/C23H17ClN4O/c1-15-5-7-17(8-6-15)22-26-14-20(21(28-22)16-9-11-25-12-10-16)23(29)27-19-4-2-3-18(24)13-19/h2-14H,1H3,(H,27,29). The van der Waals surface area contributed by atoms with Crippen LogP contribution in [0.3, 0.4) is 0 Å². The molecule has 0 radical (unpaired) electrons. The van der Waals surface area contributed by atoms with E-state index in [0.29, 0.717) is 27.8 Å². The number of pyridine rings is 1.